The average molecular weight is 204 g/mol. The van der Waals surface area contributed by atoms with Crippen LogP contribution in [0, 0.1) is 6.92 Å². The van der Waals surface area contributed by atoms with Crippen molar-refractivity contribution in [3.8, 4) is 0 Å². The zero-order chi connectivity index (χ0) is 10.5. The maximum Gasteiger partial charge on any atom is 0.0603 e. The van der Waals surface area contributed by atoms with Gasteiger partial charge in [0, 0.05) is 12.2 Å². The van der Waals surface area contributed by atoms with E-state index < -0.39 is 0 Å². The molecule has 82 valence electrons. The first-order chi connectivity index (χ1) is 7.36. The lowest BCUT2D eigenvalue weighted by atomic mass is 10.1. The van der Waals surface area contributed by atoms with Crippen LogP contribution >= 0.6 is 0 Å². The highest BCUT2D eigenvalue weighted by Gasteiger charge is 2.12. The van der Waals surface area contributed by atoms with E-state index in [1.54, 1.807) is 0 Å². The number of hydrogen-bond donors (Lipinski definition) is 1. The van der Waals surface area contributed by atoms with E-state index in [2.05, 4.69) is 23.3 Å². The molecule has 0 aromatic carbocycles. The standard InChI is InChI=1S/C13H20N2/c1-11-13(9-6-10-14-11)15-12-7-4-2-3-5-8-12/h6,9-10,12,15H,2-5,7-8H2,1H3. The maximum absolute atomic E-state index is 4.31. The van der Waals surface area contributed by atoms with E-state index in [1.165, 1.54) is 44.2 Å². The Kier molecular flexibility index (Phi) is 3.59. The first-order valence-corrected chi connectivity index (χ1v) is 6.04. The molecule has 2 nitrogen and oxygen atoms in total. The zero-order valence-electron chi connectivity index (χ0n) is 9.50. The first kappa shape index (κ1) is 10.5. The number of nitrogens with zero attached hydrogens (tertiary/aromatic N) is 1. The topological polar surface area (TPSA) is 24.9 Å². The Morgan fingerprint density at radius 2 is 1.93 bits per heavy atom. The van der Waals surface area contributed by atoms with E-state index >= 15 is 0 Å². The van der Waals surface area contributed by atoms with E-state index in [0.717, 1.165) is 5.69 Å². The third-order valence-electron chi connectivity index (χ3n) is 3.22. The second-order valence-corrected chi connectivity index (χ2v) is 4.47. The van der Waals surface area contributed by atoms with Gasteiger partial charge in [0.25, 0.3) is 0 Å². The Morgan fingerprint density at radius 3 is 2.60 bits per heavy atom. The van der Waals surface area contributed by atoms with E-state index in [9.17, 15) is 0 Å². The molecular formula is C13H20N2. The molecule has 1 aromatic heterocycles. The number of hydrogen-bond acceptors (Lipinski definition) is 2. The summed E-state index contributed by atoms with van der Waals surface area (Å²) in [5, 5.41) is 3.63. The number of rotatable bonds is 2. The van der Waals surface area contributed by atoms with Gasteiger partial charge in [0.2, 0.25) is 0 Å². The Hall–Kier alpha value is -1.05. The molecule has 0 aliphatic heterocycles. The van der Waals surface area contributed by atoms with Crippen molar-refractivity contribution in [1.29, 1.82) is 0 Å². The highest BCUT2D eigenvalue weighted by atomic mass is 14.9. The molecule has 0 bridgehead atoms. The normalized spacial score (nSPS) is 18.5. The average Bonchev–Trinajstić information content (AvgIpc) is 2.50. The lowest BCUT2D eigenvalue weighted by Crippen LogP contribution is -2.18. The molecule has 1 aliphatic rings. The summed E-state index contributed by atoms with van der Waals surface area (Å²) >= 11 is 0. The molecule has 2 heteroatoms. The monoisotopic (exact) mass is 204 g/mol. The van der Waals surface area contributed by atoms with Crippen molar-refractivity contribution < 1.29 is 0 Å². The number of pyridine rings is 1. The molecular weight excluding hydrogens is 184 g/mol. The SMILES string of the molecule is Cc1ncccc1NC1CCCCCC1. The maximum atomic E-state index is 4.31. The van der Waals surface area contributed by atoms with Gasteiger partial charge in [-0.25, -0.2) is 0 Å². The van der Waals surface area contributed by atoms with Crippen LogP contribution in [0.2, 0.25) is 0 Å². The smallest absolute Gasteiger partial charge is 0.0603 e. The minimum atomic E-state index is 0.662. The van der Waals surface area contributed by atoms with Crippen LogP contribution in [0.1, 0.15) is 44.2 Å². The minimum absolute atomic E-state index is 0.662. The van der Waals surface area contributed by atoms with Crippen molar-refractivity contribution in [2.45, 2.75) is 51.5 Å². The Morgan fingerprint density at radius 1 is 1.20 bits per heavy atom. The largest absolute Gasteiger partial charge is 0.381 e. The molecule has 0 radical (unpaired) electrons. The van der Waals surface area contributed by atoms with Gasteiger partial charge in [-0.1, -0.05) is 25.7 Å². The minimum Gasteiger partial charge on any atom is -0.381 e. The van der Waals surface area contributed by atoms with Crippen molar-refractivity contribution >= 4 is 5.69 Å². The van der Waals surface area contributed by atoms with Crippen LogP contribution < -0.4 is 5.32 Å². The highest BCUT2D eigenvalue weighted by Crippen LogP contribution is 2.21. The molecule has 0 atom stereocenters. The molecule has 2 rings (SSSR count). The predicted octanol–water partition coefficient (Wildman–Crippen LogP) is 3.52. The molecule has 0 unspecified atom stereocenters. The highest BCUT2D eigenvalue weighted by molar-refractivity contribution is 5.47. The van der Waals surface area contributed by atoms with Crippen LogP contribution in [-0.2, 0) is 0 Å². The van der Waals surface area contributed by atoms with Gasteiger partial charge in [-0.15, -0.1) is 0 Å². The Labute approximate surface area is 92.1 Å². The molecule has 1 fully saturated rings. The van der Waals surface area contributed by atoms with Gasteiger partial charge in [-0.2, -0.15) is 0 Å². The number of aromatic nitrogens is 1. The Bertz CT molecular complexity index is 301. The third-order valence-corrected chi connectivity index (χ3v) is 3.22. The quantitative estimate of drug-likeness (QED) is 0.745. The van der Waals surface area contributed by atoms with E-state index in [-0.39, 0.29) is 0 Å². The van der Waals surface area contributed by atoms with Gasteiger partial charge in [0.1, 0.15) is 0 Å². The lowest BCUT2D eigenvalue weighted by molar-refractivity contribution is 0.619. The van der Waals surface area contributed by atoms with Crippen LogP contribution in [-0.4, -0.2) is 11.0 Å². The van der Waals surface area contributed by atoms with Gasteiger partial charge in [-0.05, 0) is 31.9 Å². The second-order valence-electron chi connectivity index (χ2n) is 4.47. The van der Waals surface area contributed by atoms with Crippen molar-refractivity contribution in [2.75, 3.05) is 5.32 Å². The molecule has 0 amide bonds. The van der Waals surface area contributed by atoms with Crippen LogP contribution in [0.15, 0.2) is 18.3 Å². The first-order valence-electron chi connectivity index (χ1n) is 6.04. The number of nitrogens with one attached hydrogen (secondary N) is 1. The summed E-state index contributed by atoms with van der Waals surface area (Å²) in [7, 11) is 0. The Balaban J connectivity index is 1.98. The van der Waals surface area contributed by atoms with Crippen molar-refractivity contribution in [1.82, 2.24) is 4.98 Å². The fourth-order valence-corrected chi connectivity index (χ4v) is 2.28. The summed E-state index contributed by atoms with van der Waals surface area (Å²) in [6.07, 6.45) is 10.0. The molecule has 1 saturated carbocycles. The van der Waals surface area contributed by atoms with Gasteiger partial charge in [0.15, 0.2) is 0 Å². The molecule has 1 aromatic rings. The van der Waals surface area contributed by atoms with Crippen molar-refractivity contribution in [3.05, 3.63) is 24.0 Å². The molecule has 0 saturated heterocycles. The van der Waals surface area contributed by atoms with Crippen LogP contribution in [0.4, 0.5) is 5.69 Å². The van der Waals surface area contributed by atoms with Crippen LogP contribution in [0.5, 0.6) is 0 Å². The number of anilines is 1. The van der Waals surface area contributed by atoms with Gasteiger partial charge in [-0.3, -0.25) is 4.98 Å². The zero-order valence-corrected chi connectivity index (χ0v) is 9.50. The summed E-state index contributed by atoms with van der Waals surface area (Å²) in [4.78, 5) is 4.31. The van der Waals surface area contributed by atoms with Gasteiger partial charge >= 0.3 is 0 Å². The summed E-state index contributed by atoms with van der Waals surface area (Å²) in [5.74, 6) is 0. The van der Waals surface area contributed by atoms with Crippen LogP contribution in [0.25, 0.3) is 0 Å². The van der Waals surface area contributed by atoms with E-state index in [1.807, 2.05) is 12.3 Å². The summed E-state index contributed by atoms with van der Waals surface area (Å²) < 4.78 is 0. The molecule has 15 heavy (non-hydrogen) atoms. The fraction of sp³-hybridized carbons (Fsp3) is 0.615. The summed E-state index contributed by atoms with van der Waals surface area (Å²) in [6, 6.07) is 4.80. The fourth-order valence-electron chi connectivity index (χ4n) is 2.28. The van der Waals surface area contributed by atoms with Crippen LogP contribution in [0.3, 0.4) is 0 Å². The predicted molar refractivity (Wildman–Crippen MR) is 64.1 cm³/mol. The summed E-state index contributed by atoms with van der Waals surface area (Å²) in [5.41, 5.74) is 2.33. The summed E-state index contributed by atoms with van der Waals surface area (Å²) in [6.45, 7) is 2.07. The second kappa shape index (κ2) is 5.15. The van der Waals surface area contributed by atoms with Crippen molar-refractivity contribution in [2.24, 2.45) is 0 Å². The van der Waals surface area contributed by atoms with Crippen molar-refractivity contribution in [3.63, 3.8) is 0 Å². The number of aryl methyl sites for hydroxylation is 1. The molecule has 1 N–H and O–H groups in total. The van der Waals surface area contributed by atoms with Gasteiger partial charge in [0.05, 0.1) is 11.4 Å². The van der Waals surface area contributed by atoms with Gasteiger partial charge < -0.3 is 5.32 Å². The molecule has 0 spiro atoms. The van der Waals surface area contributed by atoms with E-state index in [4.69, 9.17) is 0 Å². The molecule has 1 aliphatic carbocycles. The third kappa shape index (κ3) is 2.95. The van der Waals surface area contributed by atoms with E-state index in [0.29, 0.717) is 6.04 Å². The molecule has 1 heterocycles. The lowest BCUT2D eigenvalue weighted by Gasteiger charge is -2.18.